The Bertz CT molecular complexity index is 742. The van der Waals surface area contributed by atoms with E-state index in [2.05, 4.69) is 22.5 Å². The molecule has 0 aliphatic carbocycles. The van der Waals surface area contributed by atoms with Crippen molar-refractivity contribution < 1.29 is 19.2 Å². The summed E-state index contributed by atoms with van der Waals surface area (Å²) in [5.74, 6) is -1.08. The molecule has 0 unspecified atom stereocenters. The third kappa shape index (κ3) is 4.23. The lowest BCUT2D eigenvalue weighted by Crippen LogP contribution is -2.41. The average Bonchev–Trinajstić information content (AvgIpc) is 2.76. The molecule has 1 aliphatic heterocycles. The van der Waals surface area contributed by atoms with Crippen LogP contribution in [0.5, 0.6) is 0 Å². The van der Waals surface area contributed by atoms with E-state index in [1.54, 1.807) is 32.0 Å². The lowest BCUT2D eigenvalue weighted by atomic mass is 10.1. The van der Waals surface area contributed by atoms with Crippen LogP contribution in [-0.4, -0.2) is 47.3 Å². The van der Waals surface area contributed by atoms with Gasteiger partial charge in [-0.2, -0.15) is 0 Å². The predicted octanol–water partition coefficient (Wildman–Crippen LogP) is 0.871. The lowest BCUT2D eigenvalue weighted by Gasteiger charge is -2.16. The number of rotatable bonds is 6. The maximum atomic E-state index is 12.2. The summed E-state index contributed by atoms with van der Waals surface area (Å²) in [6.07, 6.45) is 1.13. The number of hydrogen-bond acceptors (Lipinski definition) is 4. The van der Waals surface area contributed by atoms with E-state index in [0.717, 1.165) is 11.0 Å². The Labute approximate surface area is 145 Å². The highest BCUT2D eigenvalue weighted by molar-refractivity contribution is 6.06. The zero-order chi connectivity index (χ0) is 18.6. The zero-order valence-corrected chi connectivity index (χ0v) is 14.1. The van der Waals surface area contributed by atoms with Crippen LogP contribution in [0.1, 0.15) is 24.2 Å². The Morgan fingerprint density at radius 3 is 2.64 bits per heavy atom. The van der Waals surface area contributed by atoms with Crippen molar-refractivity contribution in [3.05, 3.63) is 42.5 Å². The van der Waals surface area contributed by atoms with Gasteiger partial charge in [0.05, 0.1) is 0 Å². The monoisotopic (exact) mass is 344 g/mol. The molecule has 1 aliphatic rings. The largest absolute Gasteiger partial charge is 0.350 e. The number of amides is 5. The van der Waals surface area contributed by atoms with Gasteiger partial charge < -0.3 is 16.0 Å². The van der Waals surface area contributed by atoms with E-state index in [9.17, 15) is 19.2 Å². The minimum absolute atomic E-state index is 0.0761. The Balaban J connectivity index is 1.92. The number of nitrogens with zero attached hydrogens (tertiary/aromatic N) is 1. The summed E-state index contributed by atoms with van der Waals surface area (Å²) in [7, 11) is 0. The molecule has 3 N–H and O–H groups in total. The second kappa shape index (κ2) is 7.16. The van der Waals surface area contributed by atoms with Crippen molar-refractivity contribution in [1.82, 2.24) is 15.5 Å². The molecule has 132 valence electrons. The third-order valence-electron chi connectivity index (χ3n) is 3.64. The molecule has 0 bridgehead atoms. The van der Waals surface area contributed by atoms with E-state index in [-0.39, 0.29) is 30.8 Å². The molecule has 1 heterocycles. The number of benzene rings is 1. The molecule has 25 heavy (non-hydrogen) atoms. The molecule has 8 nitrogen and oxygen atoms in total. The van der Waals surface area contributed by atoms with Gasteiger partial charge in [-0.3, -0.25) is 19.3 Å². The van der Waals surface area contributed by atoms with E-state index in [0.29, 0.717) is 11.3 Å². The molecule has 0 atom stereocenters. The number of carbonyl (C=O) groups is 4. The van der Waals surface area contributed by atoms with Gasteiger partial charge in [-0.05, 0) is 38.1 Å². The van der Waals surface area contributed by atoms with Crippen LogP contribution in [0.3, 0.4) is 0 Å². The fourth-order valence-corrected chi connectivity index (χ4v) is 2.34. The first-order valence-corrected chi connectivity index (χ1v) is 7.70. The van der Waals surface area contributed by atoms with Crippen LogP contribution in [0.2, 0.25) is 0 Å². The van der Waals surface area contributed by atoms with E-state index < -0.39 is 11.6 Å². The number of carbonyl (C=O) groups excluding carboxylic acids is 4. The van der Waals surface area contributed by atoms with Crippen molar-refractivity contribution in [3.63, 3.8) is 0 Å². The van der Waals surface area contributed by atoms with Gasteiger partial charge in [-0.1, -0.05) is 12.6 Å². The molecule has 0 saturated carbocycles. The summed E-state index contributed by atoms with van der Waals surface area (Å²) >= 11 is 0. The lowest BCUT2D eigenvalue weighted by molar-refractivity contribution is -0.130. The smallest absolute Gasteiger partial charge is 0.325 e. The minimum atomic E-state index is -0.932. The van der Waals surface area contributed by atoms with Crippen molar-refractivity contribution in [1.29, 1.82) is 0 Å². The topological polar surface area (TPSA) is 108 Å². The van der Waals surface area contributed by atoms with Crippen LogP contribution in [0.4, 0.5) is 10.5 Å². The minimum Gasteiger partial charge on any atom is -0.350 e. The molecule has 1 aromatic carbocycles. The maximum absolute atomic E-state index is 12.2. The molecule has 1 saturated heterocycles. The summed E-state index contributed by atoms with van der Waals surface area (Å²) in [5, 5.41) is 7.78. The van der Waals surface area contributed by atoms with Gasteiger partial charge in [0.25, 0.3) is 11.8 Å². The first-order valence-electron chi connectivity index (χ1n) is 7.70. The fraction of sp³-hybridized carbons (Fsp3) is 0.294. The summed E-state index contributed by atoms with van der Waals surface area (Å²) < 4.78 is 0. The average molecular weight is 344 g/mol. The summed E-state index contributed by atoms with van der Waals surface area (Å²) in [4.78, 5) is 48.3. The number of urea groups is 1. The SMILES string of the molecule is C=CC(=O)Nc1cccc(C(=O)NCCN2C(=O)NC(C)(C)C2=O)c1. The molecule has 5 amide bonds. The molecule has 2 rings (SSSR count). The number of anilines is 1. The van der Waals surface area contributed by atoms with Crippen LogP contribution in [-0.2, 0) is 9.59 Å². The highest BCUT2D eigenvalue weighted by Crippen LogP contribution is 2.16. The van der Waals surface area contributed by atoms with Gasteiger partial charge in [-0.25, -0.2) is 4.79 Å². The van der Waals surface area contributed by atoms with E-state index in [1.807, 2.05) is 0 Å². The second-order valence-corrected chi connectivity index (χ2v) is 6.04. The second-order valence-electron chi connectivity index (χ2n) is 6.04. The van der Waals surface area contributed by atoms with Crippen LogP contribution < -0.4 is 16.0 Å². The Kier molecular flexibility index (Phi) is 5.21. The maximum Gasteiger partial charge on any atom is 0.325 e. The van der Waals surface area contributed by atoms with Gasteiger partial charge in [0.1, 0.15) is 5.54 Å². The number of hydrogen-bond donors (Lipinski definition) is 3. The van der Waals surface area contributed by atoms with Gasteiger partial charge in [0.2, 0.25) is 5.91 Å². The summed E-state index contributed by atoms with van der Waals surface area (Å²) in [6.45, 7) is 6.80. The van der Waals surface area contributed by atoms with E-state index >= 15 is 0 Å². The van der Waals surface area contributed by atoms with Gasteiger partial charge in [-0.15, -0.1) is 0 Å². The van der Waals surface area contributed by atoms with Crippen LogP contribution >= 0.6 is 0 Å². The van der Waals surface area contributed by atoms with Crippen molar-refractivity contribution in [3.8, 4) is 0 Å². The van der Waals surface area contributed by atoms with Crippen molar-refractivity contribution in [2.24, 2.45) is 0 Å². The molecule has 1 fully saturated rings. The molecule has 8 heteroatoms. The first kappa shape index (κ1) is 18.2. The van der Waals surface area contributed by atoms with Crippen LogP contribution in [0.25, 0.3) is 0 Å². The van der Waals surface area contributed by atoms with E-state index in [4.69, 9.17) is 0 Å². The predicted molar refractivity (Wildman–Crippen MR) is 91.9 cm³/mol. The Morgan fingerprint density at radius 2 is 2.04 bits per heavy atom. The van der Waals surface area contributed by atoms with Gasteiger partial charge in [0.15, 0.2) is 0 Å². The number of imide groups is 1. The molecule has 0 radical (unpaired) electrons. The Morgan fingerprint density at radius 1 is 1.32 bits per heavy atom. The highest BCUT2D eigenvalue weighted by Gasteiger charge is 2.43. The van der Waals surface area contributed by atoms with Crippen LogP contribution in [0, 0.1) is 0 Å². The molecule has 1 aromatic rings. The molecule has 0 spiro atoms. The molecular formula is C17H20N4O4. The highest BCUT2D eigenvalue weighted by atomic mass is 16.2. The quantitative estimate of drug-likeness (QED) is 0.526. The Hall–Kier alpha value is -3.16. The summed E-state index contributed by atoms with van der Waals surface area (Å²) in [5.41, 5.74) is -0.119. The van der Waals surface area contributed by atoms with Crippen molar-refractivity contribution in [2.75, 3.05) is 18.4 Å². The zero-order valence-electron chi connectivity index (χ0n) is 14.1. The first-order chi connectivity index (χ1) is 11.7. The van der Waals surface area contributed by atoms with Crippen molar-refractivity contribution in [2.45, 2.75) is 19.4 Å². The van der Waals surface area contributed by atoms with E-state index in [1.165, 1.54) is 6.07 Å². The van der Waals surface area contributed by atoms with Gasteiger partial charge >= 0.3 is 6.03 Å². The van der Waals surface area contributed by atoms with Gasteiger partial charge in [0, 0.05) is 24.3 Å². The molecular weight excluding hydrogens is 324 g/mol. The normalized spacial score (nSPS) is 15.5. The summed E-state index contributed by atoms with van der Waals surface area (Å²) in [6, 6.07) is 5.92. The standard InChI is InChI=1S/C17H20N4O4/c1-4-13(22)19-12-7-5-6-11(10-12)14(23)18-8-9-21-15(24)17(2,3)20-16(21)25/h4-7,10H,1,8-9H2,2-3H3,(H,18,23)(H,19,22)(H,20,25). The van der Waals surface area contributed by atoms with Crippen molar-refractivity contribution >= 4 is 29.4 Å². The molecule has 0 aromatic heterocycles. The van der Waals surface area contributed by atoms with Crippen LogP contribution in [0.15, 0.2) is 36.9 Å². The number of nitrogens with one attached hydrogen (secondary N) is 3. The third-order valence-corrected chi connectivity index (χ3v) is 3.64. The fourth-order valence-electron chi connectivity index (χ4n) is 2.34.